The molecular formula is C51H82O20. The van der Waals surface area contributed by atoms with Crippen LogP contribution in [-0.4, -0.2) is 205 Å². The standard InChI is InChI=1S/C51H82O20/c1-20-10-15-51(62-19-20)21(2)32-30(71-51)17-29-27-9-8-25-16-26(11-13-49(25,6)28(27)12-14-50(29,32)7)66-48-44(70-47-41(61)38(58)35(55)31(18-52)67-47)43(69-46-40(60)37(57)34(54)23(4)64-46)42(24(5)65-48)68-45-39(59)36(56)33(53)22(3)63-45/h8,20-24,26-48,52-61H,9-19H2,1-7H3/t20-,21+,22+,23+,24+,26+,27-,28+,29+,30+,31-,32+,33+,34+,35-,36-,37-,38+,39-,40-,41-,42+,43-,44-,45+,46?,47+,48+,49+,50+,51-/m0/s1. The molecule has 10 N–H and O–H groups in total. The Morgan fingerprint density at radius 2 is 1.18 bits per heavy atom. The van der Waals surface area contributed by atoms with Gasteiger partial charge < -0.3 is 98.4 Å². The van der Waals surface area contributed by atoms with Gasteiger partial charge in [0.2, 0.25) is 0 Å². The van der Waals surface area contributed by atoms with Crippen LogP contribution in [0.1, 0.15) is 106 Å². The van der Waals surface area contributed by atoms with Crippen LogP contribution in [0.25, 0.3) is 0 Å². The highest BCUT2D eigenvalue weighted by atomic mass is 16.8. The van der Waals surface area contributed by atoms with Crippen LogP contribution in [0.3, 0.4) is 0 Å². The van der Waals surface area contributed by atoms with Crippen LogP contribution in [0, 0.1) is 46.3 Å². The maximum atomic E-state index is 11.3. The first-order chi connectivity index (χ1) is 33.6. The molecule has 20 nitrogen and oxygen atoms in total. The Labute approximate surface area is 415 Å². The van der Waals surface area contributed by atoms with Crippen LogP contribution < -0.4 is 0 Å². The van der Waals surface area contributed by atoms with E-state index in [0.717, 1.165) is 51.6 Å². The van der Waals surface area contributed by atoms with E-state index in [9.17, 15) is 51.1 Å². The third-order valence-electron chi connectivity index (χ3n) is 19.7. The molecule has 406 valence electrons. The Morgan fingerprint density at radius 1 is 0.592 bits per heavy atom. The van der Waals surface area contributed by atoms with E-state index in [1.54, 1.807) is 6.92 Å². The van der Waals surface area contributed by atoms with Crippen molar-refractivity contribution < 1.29 is 98.4 Å². The highest BCUT2D eigenvalue weighted by Gasteiger charge is 2.69. The van der Waals surface area contributed by atoms with Crippen molar-refractivity contribution in [3.8, 4) is 0 Å². The van der Waals surface area contributed by atoms with Gasteiger partial charge in [-0.3, -0.25) is 0 Å². The number of ether oxygens (including phenoxy) is 10. The molecule has 0 aromatic carbocycles. The SMILES string of the molecule is C[C@H]1CC[C@]2(OC1)O[C@@H]1C[C@@H]3[C@H]4CC=C5C[C@H](O[C@H]6O[C@H](C)[C@@H](O[C@H]7O[C@H](C)[C@@H](O)[C@H](O)[C@@H]7O)[C@H](OC7O[C@H](C)[C@@H](O)[C@H](O)[C@@H]7O)[C@@H]6O[C@H]6O[C@@H](CO)[C@H](O)[C@@H](O)[C@@H]6O)CC[C@@]5(C)[C@@H]4CC[C@@]3(C)[C@@H]1[C@H]2C. The quantitative estimate of drug-likeness (QED) is 0.137. The molecule has 0 bridgehead atoms. The molecule has 1 spiro atoms. The average Bonchev–Trinajstić information content (AvgIpc) is 3.79. The molecule has 0 amide bonds. The number of rotatable bonds is 9. The lowest BCUT2D eigenvalue weighted by Gasteiger charge is -2.59. The van der Waals surface area contributed by atoms with Crippen molar-refractivity contribution in [3.63, 3.8) is 0 Å². The molecule has 3 saturated carbocycles. The molecule has 31 atom stereocenters. The van der Waals surface area contributed by atoms with Crippen LogP contribution in [0.4, 0.5) is 0 Å². The Kier molecular flexibility index (Phi) is 15.1. The van der Waals surface area contributed by atoms with E-state index in [4.69, 9.17) is 47.4 Å². The van der Waals surface area contributed by atoms with Crippen molar-refractivity contribution in [2.45, 2.75) is 247 Å². The van der Waals surface area contributed by atoms with Gasteiger partial charge in [-0.05, 0) is 113 Å². The number of fused-ring (bicyclic) bond motifs is 7. The van der Waals surface area contributed by atoms with Gasteiger partial charge in [-0.15, -0.1) is 0 Å². The maximum Gasteiger partial charge on any atom is 0.187 e. The van der Waals surface area contributed by atoms with E-state index >= 15 is 0 Å². The first-order valence-corrected chi connectivity index (χ1v) is 26.6. The summed E-state index contributed by atoms with van der Waals surface area (Å²) in [6.07, 6.45) is -19.9. The smallest absolute Gasteiger partial charge is 0.187 e. The van der Waals surface area contributed by atoms with Gasteiger partial charge in [0.15, 0.2) is 30.9 Å². The molecule has 10 rings (SSSR count). The number of hydrogen-bond donors (Lipinski definition) is 10. The fraction of sp³-hybridized carbons (Fsp3) is 0.961. The van der Waals surface area contributed by atoms with Gasteiger partial charge in [0.1, 0.15) is 79.4 Å². The lowest BCUT2D eigenvalue weighted by Crippen LogP contribution is -2.68. The average molecular weight is 1020 g/mol. The summed E-state index contributed by atoms with van der Waals surface area (Å²) in [5.41, 5.74) is 1.39. The monoisotopic (exact) mass is 1010 g/mol. The number of allylic oxidation sites excluding steroid dienone is 1. The molecule has 0 aromatic heterocycles. The summed E-state index contributed by atoms with van der Waals surface area (Å²) in [5.74, 6) is 2.37. The molecule has 6 heterocycles. The fourth-order valence-electron chi connectivity index (χ4n) is 15.4. The van der Waals surface area contributed by atoms with Crippen molar-refractivity contribution in [3.05, 3.63) is 11.6 Å². The molecule has 6 saturated heterocycles. The third-order valence-corrected chi connectivity index (χ3v) is 19.7. The highest BCUT2D eigenvalue weighted by Crippen LogP contribution is 2.71. The maximum absolute atomic E-state index is 11.3. The molecule has 6 aliphatic heterocycles. The zero-order chi connectivity index (χ0) is 50.8. The van der Waals surface area contributed by atoms with Gasteiger partial charge in [0, 0.05) is 12.3 Å². The van der Waals surface area contributed by atoms with Crippen LogP contribution in [0.15, 0.2) is 11.6 Å². The summed E-state index contributed by atoms with van der Waals surface area (Å²) in [6.45, 7) is 14.2. The van der Waals surface area contributed by atoms with Gasteiger partial charge >= 0.3 is 0 Å². The summed E-state index contributed by atoms with van der Waals surface area (Å²) in [4.78, 5) is 0. The summed E-state index contributed by atoms with van der Waals surface area (Å²) < 4.78 is 64.1. The normalized spacial score (nSPS) is 58.4. The molecule has 71 heavy (non-hydrogen) atoms. The molecule has 9 fully saturated rings. The summed E-state index contributed by atoms with van der Waals surface area (Å²) in [6, 6.07) is 0. The first kappa shape index (κ1) is 53.3. The van der Waals surface area contributed by atoms with Crippen LogP contribution in [-0.2, 0) is 47.4 Å². The van der Waals surface area contributed by atoms with Gasteiger partial charge in [-0.1, -0.05) is 39.3 Å². The Morgan fingerprint density at radius 3 is 1.80 bits per heavy atom. The molecule has 0 aromatic rings. The summed E-state index contributed by atoms with van der Waals surface area (Å²) in [5, 5.41) is 108. The summed E-state index contributed by atoms with van der Waals surface area (Å²) in [7, 11) is 0. The van der Waals surface area contributed by atoms with E-state index in [2.05, 4.69) is 33.8 Å². The van der Waals surface area contributed by atoms with Gasteiger partial charge in [-0.25, -0.2) is 0 Å². The lowest BCUT2D eigenvalue weighted by molar-refractivity contribution is -0.407. The molecule has 0 radical (unpaired) electrons. The Bertz CT molecular complexity index is 1890. The van der Waals surface area contributed by atoms with Gasteiger partial charge in [-0.2, -0.15) is 0 Å². The van der Waals surface area contributed by atoms with Crippen molar-refractivity contribution in [1.82, 2.24) is 0 Å². The van der Waals surface area contributed by atoms with Crippen LogP contribution in [0.2, 0.25) is 0 Å². The number of aliphatic hydroxyl groups excluding tert-OH is 10. The topological polar surface area (TPSA) is 295 Å². The largest absolute Gasteiger partial charge is 0.394 e. The van der Waals surface area contributed by atoms with E-state index in [0.29, 0.717) is 48.3 Å². The van der Waals surface area contributed by atoms with E-state index in [-0.39, 0.29) is 16.9 Å². The second-order valence-electron chi connectivity index (χ2n) is 23.8. The van der Waals surface area contributed by atoms with Crippen LogP contribution in [0.5, 0.6) is 0 Å². The summed E-state index contributed by atoms with van der Waals surface area (Å²) >= 11 is 0. The molecule has 1 unspecified atom stereocenters. The van der Waals surface area contributed by atoms with Crippen molar-refractivity contribution >= 4 is 0 Å². The van der Waals surface area contributed by atoms with E-state index in [1.807, 2.05) is 0 Å². The zero-order valence-electron chi connectivity index (χ0n) is 42.1. The lowest BCUT2D eigenvalue weighted by atomic mass is 9.47. The second-order valence-corrected chi connectivity index (χ2v) is 23.8. The molecule has 20 heteroatoms. The number of hydrogen-bond acceptors (Lipinski definition) is 20. The van der Waals surface area contributed by atoms with Crippen molar-refractivity contribution in [1.29, 1.82) is 0 Å². The van der Waals surface area contributed by atoms with Crippen molar-refractivity contribution in [2.24, 2.45) is 46.3 Å². The van der Waals surface area contributed by atoms with Crippen molar-refractivity contribution in [2.75, 3.05) is 13.2 Å². The van der Waals surface area contributed by atoms with Gasteiger partial charge in [0.25, 0.3) is 0 Å². The minimum atomic E-state index is -1.88. The minimum absolute atomic E-state index is 0.0810. The fourth-order valence-corrected chi connectivity index (χ4v) is 15.4. The third kappa shape index (κ3) is 9.03. The van der Waals surface area contributed by atoms with Crippen LogP contribution >= 0.6 is 0 Å². The predicted octanol–water partition coefficient (Wildman–Crippen LogP) is 0.0935. The number of aliphatic hydroxyl groups is 10. The van der Waals surface area contributed by atoms with Gasteiger partial charge in [0.05, 0.1) is 43.7 Å². The first-order valence-electron chi connectivity index (χ1n) is 26.6. The molecular weight excluding hydrogens is 933 g/mol. The predicted molar refractivity (Wildman–Crippen MR) is 244 cm³/mol. The Balaban J connectivity index is 0.921. The second kappa shape index (κ2) is 20.1. The van der Waals surface area contributed by atoms with E-state index < -0.39 is 141 Å². The highest BCUT2D eigenvalue weighted by molar-refractivity contribution is 5.26. The zero-order valence-corrected chi connectivity index (χ0v) is 42.1. The Hall–Kier alpha value is -1.06. The molecule has 4 aliphatic carbocycles. The molecule has 10 aliphatic rings. The van der Waals surface area contributed by atoms with E-state index in [1.165, 1.54) is 19.4 Å². The minimum Gasteiger partial charge on any atom is -0.394 e.